The number of ether oxygens (including phenoxy) is 1. The highest BCUT2D eigenvalue weighted by Crippen LogP contribution is 2.31. The molecule has 3 atom stereocenters. The van der Waals surface area contributed by atoms with Gasteiger partial charge in [0.1, 0.15) is 0 Å². The summed E-state index contributed by atoms with van der Waals surface area (Å²) < 4.78 is 7.76. The molecule has 1 aliphatic heterocycles. The molecule has 20 heavy (non-hydrogen) atoms. The third-order valence-corrected chi connectivity index (χ3v) is 3.94. The maximum atomic E-state index is 5.85. The Morgan fingerprint density at radius 2 is 2.15 bits per heavy atom. The SMILES string of the molecule is CC1CCOC1C(NN)c1ccnn1-c1ccccc1. The Labute approximate surface area is 118 Å². The first-order chi connectivity index (χ1) is 9.81. The molecule has 1 fully saturated rings. The average Bonchev–Trinajstić information content (AvgIpc) is 3.11. The Balaban J connectivity index is 1.95. The van der Waals surface area contributed by atoms with Gasteiger partial charge in [-0.2, -0.15) is 5.10 Å². The molecular formula is C15H20N4O. The highest BCUT2D eigenvalue weighted by molar-refractivity contribution is 5.33. The van der Waals surface area contributed by atoms with E-state index in [4.69, 9.17) is 10.6 Å². The van der Waals surface area contributed by atoms with E-state index in [1.165, 1.54) is 0 Å². The van der Waals surface area contributed by atoms with Gasteiger partial charge in [-0.05, 0) is 30.5 Å². The Bertz CT molecular complexity index is 554. The number of rotatable bonds is 4. The van der Waals surface area contributed by atoms with Gasteiger partial charge in [0.15, 0.2) is 0 Å². The molecule has 1 aromatic carbocycles. The van der Waals surface area contributed by atoms with Crippen LogP contribution in [0.15, 0.2) is 42.6 Å². The number of hydrogen-bond donors (Lipinski definition) is 2. The number of nitrogens with zero attached hydrogens (tertiary/aromatic N) is 2. The zero-order chi connectivity index (χ0) is 13.9. The van der Waals surface area contributed by atoms with Crippen molar-refractivity contribution in [3.63, 3.8) is 0 Å². The molecule has 1 saturated heterocycles. The summed E-state index contributed by atoms with van der Waals surface area (Å²) >= 11 is 0. The summed E-state index contributed by atoms with van der Waals surface area (Å²) in [6.07, 6.45) is 2.95. The molecule has 3 N–H and O–H groups in total. The molecule has 2 aromatic rings. The largest absolute Gasteiger partial charge is 0.376 e. The highest BCUT2D eigenvalue weighted by atomic mass is 16.5. The van der Waals surface area contributed by atoms with Crippen LogP contribution in [0.1, 0.15) is 25.1 Å². The summed E-state index contributed by atoms with van der Waals surface area (Å²) in [5, 5.41) is 4.42. The number of aromatic nitrogens is 2. The third kappa shape index (κ3) is 2.35. The molecule has 0 aliphatic carbocycles. The van der Waals surface area contributed by atoms with Crippen LogP contribution in [-0.2, 0) is 4.74 Å². The van der Waals surface area contributed by atoms with Crippen LogP contribution in [0.2, 0.25) is 0 Å². The van der Waals surface area contributed by atoms with Crippen molar-refractivity contribution in [1.29, 1.82) is 0 Å². The summed E-state index contributed by atoms with van der Waals surface area (Å²) in [5.41, 5.74) is 4.95. The van der Waals surface area contributed by atoms with E-state index in [0.29, 0.717) is 5.92 Å². The van der Waals surface area contributed by atoms with Gasteiger partial charge in [0.2, 0.25) is 0 Å². The molecule has 0 radical (unpaired) electrons. The molecular weight excluding hydrogens is 252 g/mol. The van der Waals surface area contributed by atoms with Crippen molar-refractivity contribution in [3.8, 4) is 5.69 Å². The minimum absolute atomic E-state index is 0.0600. The number of para-hydroxylation sites is 1. The van der Waals surface area contributed by atoms with Gasteiger partial charge in [-0.25, -0.2) is 10.1 Å². The van der Waals surface area contributed by atoms with E-state index in [1.807, 2.05) is 41.1 Å². The van der Waals surface area contributed by atoms with Crippen molar-refractivity contribution >= 4 is 0 Å². The molecule has 5 nitrogen and oxygen atoms in total. The van der Waals surface area contributed by atoms with Crippen molar-refractivity contribution in [2.24, 2.45) is 11.8 Å². The van der Waals surface area contributed by atoms with E-state index in [-0.39, 0.29) is 12.1 Å². The van der Waals surface area contributed by atoms with Crippen molar-refractivity contribution in [2.75, 3.05) is 6.61 Å². The van der Waals surface area contributed by atoms with Crippen molar-refractivity contribution in [1.82, 2.24) is 15.2 Å². The zero-order valence-corrected chi connectivity index (χ0v) is 11.6. The van der Waals surface area contributed by atoms with Crippen molar-refractivity contribution in [2.45, 2.75) is 25.5 Å². The van der Waals surface area contributed by atoms with E-state index < -0.39 is 0 Å². The maximum absolute atomic E-state index is 5.85. The summed E-state index contributed by atoms with van der Waals surface area (Å²) in [7, 11) is 0. The lowest BCUT2D eigenvalue weighted by Crippen LogP contribution is -2.39. The quantitative estimate of drug-likeness (QED) is 0.658. The standard InChI is InChI=1S/C15H20N4O/c1-11-8-10-20-15(11)14(18-16)13-7-9-17-19(13)12-5-3-2-4-6-12/h2-7,9,11,14-15,18H,8,10,16H2,1H3. The molecule has 0 bridgehead atoms. The fraction of sp³-hybridized carbons (Fsp3) is 0.400. The third-order valence-electron chi connectivity index (χ3n) is 3.94. The van der Waals surface area contributed by atoms with E-state index in [0.717, 1.165) is 24.4 Å². The van der Waals surface area contributed by atoms with Gasteiger partial charge >= 0.3 is 0 Å². The molecule has 3 unspecified atom stereocenters. The summed E-state index contributed by atoms with van der Waals surface area (Å²) in [4.78, 5) is 0. The predicted octanol–water partition coefficient (Wildman–Crippen LogP) is 1.80. The summed E-state index contributed by atoms with van der Waals surface area (Å²) in [5.74, 6) is 6.26. The minimum atomic E-state index is -0.0600. The molecule has 1 aromatic heterocycles. The summed E-state index contributed by atoms with van der Waals surface area (Å²) in [6.45, 7) is 2.99. The number of hydrogen-bond acceptors (Lipinski definition) is 4. The second kappa shape index (κ2) is 5.75. The van der Waals surface area contributed by atoms with E-state index in [2.05, 4.69) is 17.4 Å². The molecule has 0 saturated carbocycles. The topological polar surface area (TPSA) is 65.1 Å². The number of hydrazine groups is 1. The Morgan fingerprint density at radius 3 is 2.80 bits per heavy atom. The van der Waals surface area contributed by atoms with Crippen LogP contribution in [0.5, 0.6) is 0 Å². The van der Waals surface area contributed by atoms with Crippen LogP contribution >= 0.6 is 0 Å². The molecule has 5 heteroatoms. The van der Waals surface area contributed by atoms with Crippen LogP contribution < -0.4 is 11.3 Å². The van der Waals surface area contributed by atoms with Crippen molar-refractivity contribution in [3.05, 3.63) is 48.3 Å². The van der Waals surface area contributed by atoms with Crippen LogP contribution in [0.4, 0.5) is 0 Å². The van der Waals surface area contributed by atoms with Crippen LogP contribution in [0.3, 0.4) is 0 Å². The average molecular weight is 272 g/mol. The first-order valence-electron chi connectivity index (χ1n) is 6.98. The molecule has 2 heterocycles. The normalized spacial score (nSPS) is 23.9. The smallest absolute Gasteiger partial charge is 0.0897 e. The van der Waals surface area contributed by atoms with Gasteiger partial charge in [-0.15, -0.1) is 0 Å². The van der Waals surface area contributed by atoms with E-state index in [1.54, 1.807) is 6.20 Å². The fourth-order valence-electron chi connectivity index (χ4n) is 2.83. The molecule has 3 rings (SSSR count). The van der Waals surface area contributed by atoms with Gasteiger partial charge in [0.05, 0.1) is 23.5 Å². The van der Waals surface area contributed by atoms with Gasteiger partial charge in [-0.3, -0.25) is 5.84 Å². The lowest BCUT2D eigenvalue weighted by molar-refractivity contribution is 0.0587. The second-order valence-corrected chi connectivity index (χ2v) is 5.25. The molecule has 106 valence electrons. The van der Waals surface area contributed by atoms with Gasteiger partial charge in [-0.1, -0.05) is 25.1 Å². The fourth-order valence-corrected chi connectivity index (χ4v) is 2.83. The first kappa shape index (κ1) is 13.3. The molecule has 1 aliphatic rings. The van der Waals surface area contributed by atoms with Gasteiger partial charge in [0.25, 0.3) is 0 Å². The minimum Gasteiger partial charge on any atom is -0.376 e. The predicted molar refractivity (Wildman–Crippen MR) is 77.1 cm³/mol. The van der Waals surface area contributed by atoms with Crippen LogP contribution in [-0.4, -0.2) is 22.5 Å². The maximum Gasteiger partial charge on any atom is 0.0897 e. The summed E-state index contributed by atoms with van der Waals surface area (Å²) in [6, 6.07) is 12.0. The van der Waals surface area contributed by atoms with E-state index in [9.17, 15) is 0 Å². The Morgan fingerprint density at radius 1 is 1.35 bits per heavy atom. The lowest BCUT2D eigenvalue weighted by Gasteiger charge is -2.26. The molecule has 0 spiro atoms. The first-order valence-corrected chi connectivity index (χ1v) is 6.98. The number of nitrogens with one attached hydrogen (secondary N) is 1. The van der Waals surface area contributed by atoms with Gasteiger partial charge < -0.3 is 4.74 Å². The Hall–Kier alpha value is -1.69. The number of nitrogens with two attached hydrogens (primary N) is 1. The number of benzene rings is 1. The monoisotopic (exact) mass is 272 g/mol. The van der Waals surface area contributed by atoms with Crippen LogP contribution in [0.25, 0.3) is 5.69 Å². The molecule has 0 amide bonds. The second-order valence-electron chi connectivity index (χ2n) is 5.25. The highest BCUT2D eigenvalue weighted by Gasteiger charge is 2.34. The lowest BCUT2D eigenvalue weighted by atomic mass is 9.96. The zero-order valence-electron chi connectivity index (χ0n) is 11.6. The Kier molecular flexibility index (Phi) is 3.82. The van der Waals surface area contributed by atoms with Gasteiger partial charge in [0, 0.05) is 12.8 Å². The van der Waals surface area contributed by atoms with Crippen LogP contribution in [0, 0.1) is 5.92 Å². The van der Waals surface area contributed by atoms with Crippen molar-refractivity contribution < 1.29 is 4.74 Å². The van der Waals surface area contributed by atoms with E-state index >= 15 is 0 Å².